The molecule has 0 bridgehead atoms. The van der Waals surface area contributed by atoms with E-state index in [2.05, 4.69) is 11.2 Å². The van der Waals surface area contributed by atoms with Gasteiger partial charge in [0.2, 0.25) is 0 Å². The Bertz CT molecular complexity index is 440. The van der Waals surface area contributed by atoms with Gasteiger partial charge in [-0.05, 0) is 24.6 Å². The van der Waals surface area contributed by atoms with Gasteiger partial charge in [-0.2, -0.15) is 0 Å². The van der Waals surface area contributed by atoms with E-state index < -0.39 is 0 Å². The molecule has 0 amide bonds. The number of aromatic nitrogens is 1. The molecule has 15 heavy (non-hydrogen) atoms. The van der Waals surface area contributed by atoms with Crippen LogP contribution in [0.4, 0.5) is 5.69 Å². The lowest BCUT2D eigenvalue weighted by Gasteiger charge is -2.06. The van der Waals surface area contributed by atoms with Crippen LogP contribution in [0.15, 0.2) is 39.9 Å². The molecule has 2 aromatic rings. The molecule has 2 N–H and O–H groups in total. The Labute approximate surface area is 92.6 Å². The van der Waals surface area contributed by atoms with Crippen molar-refractivity contribution in [1.29, 1.82) is 0 Å². The van der Waals surface area contributed by atoms with Crippen molar-refractivity contribution in [3.05, 3.63) is 41.8 Å². The Morgan fingerprint density at radius 1 is 1.40 bits per heavy atom. The first-order chi connectivity index (χ1) is 7.27. The van der Waals surface area contributed by atoms with Crippen molar-refractivity contribution in [2.24, 2.45) is 0 Å². The second-order valence-corrected chi connectivity index (χ2v) is 4.25. The molecule has 1 aromatic heterocycles. The topological polar surface area (TPSA) is 52.0 Å². The van der Waals surface area contributed by atoms with Crippen LogP contribution in [0.2, 0.25) is 0 Å². The van der Waals surface area contributed by atoms with E-state index in [1.54, 1.807) is 18.0 Å². The molecule has 0 fully saturated rings. The molecule has 0 atom stereocenters. The van der Waals surface area contributed by atoms with Gasteiger partial charge in [0.15, 0.2) is 0 Å². The molecule has 0 unspecified atom stereocenters. The van der Waals surface area contributed by atoms with E-state index in [9.17, 15) is 0 Å². The highest BCUT2D eigenvalue weighted by Gasteiger charge is 2.03. The van der Waals surface area contributed by atoms with E-state index in [-0.39, 0.29) is 0 Å². The lowest BCUT2D eigenvalue weighted by Crippen LogP contribution is -1.90. The molecule has 0 saturated heterocycles. The SMILES string of the molecule is Cc1c(N)cccc1SCc1ccno1. The number of hydrogen-bond acceptors (Lipinski definition) is 4. The summed E-state index contributed by atoms with van der Waals surface area (Å²) in [6.45, 7) is 2.03. The Kier molecular flexibility index (Phi) is 2.97. The van der Waals surface area contributed by atoms with E-state index in [1.807, 2.05) is 25.1 Å². The molecule has 0 aliphatic heterocycles. The zero-order valence-electron chi connectivity index (χ0n) is 8.43. The van der Waals surface area contributed by atoms with Gasteiger partial charge in [-0.25, -0.2) is 0 Å². The molecule has 78 valence electrons. The highest BCUT2D eigenvalue weighted by atomic mass is 32.2. The van der Waals surface area contributed by atoms with E-state index >= 15 is 0 Å². The quantitative estimate of drug-likeness (QED) is 0.638. The van der Waals surface area contributed by atoms with E-state index in [0.717, 1.165) is 22.8 Å². The van der Waals surface area contributed by atoms with Crippen LogP contribution in [-0.4, -0.2) is 5.16 Å². The van der Waals surface area contributed by atoms with Crippen LogP contribution in [0.25, 0.3) is 0 Å². The molecule has 4 heteroatoms. The number of nitrogens with zero attached hydrogens (tertiary/aromatic N) is 1. The third-order valence-electron chi connectivity index (χ3n) is 2.19. The fraction of sp³-hybridized carbons (Fsp3) is 0.182. The molecular formula is C11H12N2OS. The van der Waals surface area contributed by atoms with Crippen molar-refractivity contribution < 1.29 is 4.52 Å². The molecule has 0 radical (unpaired) electrons. The van der Waals surface area contributed by atoms with Crippen LogP contribution < -0.4 is 5.73 Å². The van der Waals surface area contributed by atoms with Gasteiger partial charge in [-0.15, -0.1) is 11.8 Å². The smallest absolute Gasteiger partial charge is 0.146 e. The number of benzene rings is 1. The van der Waals surface area contributed by atoms with Crippen molar-refractivity contribution in [2.75, 3.05) is 5.73 Å². The summed E-state index contributed by atoms with van der Waals surface area (Å²) in [5, 5.41) is 3.66. The molecule has 0 saturated carbocycles. The number of anilines is 1. The fourth-order valence-electron chi connectivity index (χ4n) is 1.25. The van der Waals surface area contributed by atoms with E-state index in [4.69, 9.17) is 10.3 Å². The molecule has 2 rings (SSSR count). The standard InChI is InChI=1S/C11H12N2OS/c1-8-10(12)3-2-4-11(8)15-7-9-5-6-13-14-9/h2-6H,7,12H2,1H3. The zero-order chi connectivity index (χ0) is 10.7. The molecule has 0 spiro atoms. The maximum Gasteiger partial charge on any atom is 0.146 e. The Balaban J connectivity index is 2.08. The van der Waals surface area contributed by atoms with Gasteiger partial charge in [0.1, 0.15) is 5.76 Å². The maximum atomic E-state index is 5.82. The van der Waals surface area contributed by atoms with E-state index in [1.165, 1.54) is 4.90 Å². The number of rotatable bonds is 3. The van der Waals surface area contributed by atoms with Crippen LogP contribution in [0, 0.1) is 6.92 Å². The van der Waals surface area contributed by atoms with Crippen molar-refractivity contribution in [1.82, 2.24) is 5.16 Å². The van der Waals surface area contributed by atoms with Gasteiger partial charge in [0.05, 0.1) is 11.9 Å². The first-order valence-electron chi connectivity index (χ1n) is 4.65. The summed E-state index contributed by atoms with van der Waals surface area (Å²) < 4.78 is 5.02. The van der Waals surface area contributed by atoms with Crippen molar-refractivity contribution in [3.63, 3.8) is 0 Å². The Morgan fingerprint density at radius 2 is 2.27 bits per heavy atom. The zero-order valence-corrected chi connectivity index (χ0v) is 9.25. The minimum atomic E-state index is 0.782. The first kappa shape index (κ1) is 10.1. The average molecular weight is 220 g/mol. The summed E-state index contributed by atoms with van der Waals surface area (Å²) in [7, 11) is 0. The first-order valence-corrected chi connectivity index (χ1v) is 5.63. The molecule has 0 aliphatic rings. The second-order valence-electron chi connectivity index (χ2n) is 3.24. The number of hydrogen-bond donors (Lipinski definition) is 1. The molecule has 3 nitrogen and oxygen atoms in total. The normalized spacial score (nSPS) is 10.5. The third kappa shape index (κ3) is 2.33. The fourth-order valence-corrected chi connectivity index (χ4v) is 2.21. The second kappa shape index (κ2) is 4.40. The molecule has 0 aliphatic carbocycles. The number of nitrogens with two attached hydrogens (primary N) is 1. The van der Waals surface area contributed by atoms with Crippen molar-refractivity contribution >= 4 is 17.4 Å². The van der Waals surface area contributed by atoms with Gasteiger partial charge < -0.3 is 10.3 Å². The van der Waals surface area contributed by atoms with Gasteiger partial charge in [-0.1, -0.05) is 11.2 Å². The summed E-state index contributed by atoms with van der Waals surface area (Å²) >= 11 is 1.71. The van der Waals surface area contributed by atoms with Gasteiger partial charge >= 0.3 is 0 Å². The molecule has 1 aromatic carbocycles. The van der Waals surface area contributed by atoms with Crippen LogP contribution >= 0.6 is 11.8 Å². The minimum absolute atomic E-state index is 0.782. The summed E-state index contributed by atoms with van der Waals surface area (Å²) in [6, 6.07) is 7.81. The lowest BCUT2D eigenvalue weighted by atomic mass is 10.2. The predicted molar refractivity (Wildman–Crippen MR) is 61.7 cm³/mol. The number of nitrogen functional groups attached to an aromatic ring is 1. The molecule has 1 heterocycles. The highest BCUT2D eigenvalue weighted by molar-refractivity contribution is 7.98. The highest BCUT2D eigenvalue weighted by Crippen LogP contribution is 2.28. The summed E-state index contributed by atoms with van der Waals surface area (Å²) in [6.07, 6.45) is 1.65. The van der Waals surface area contributed by atoms with E-state index in [0.29, 0.717) is 0 Å². The predicted octanol–water partition coefficient (Wildman–Crippen LogP) is 2.86. The van der Waals surface area contributed by atoms with Gasteiger partial charge in [-0.3, -0.25) is 0 Å². The maximum absolute atomic E-state index is 5.82. The van der Waals surface area contributed by atoms with Crippen LogP contribution in [0.1, 0.15) is 11.3 Å². The van der Waals surface area contributed by atoms with Crippen molar-refractivity contribution in [2.45, 2.75) is 17.6 Å². The third-order valence-corrected chi connectivity index (χ3v) is 3.37. The van der Waals surface area contributed by atoms with Crippen LogP contribution in [0.5, 0.6) is 0 Å². The monoisotopic (exact) mass is 220 g/mol. The molecular weight excluding hydrogens is 208 g/mol. The summed E-state index contributed by atoms with van der Waals surface area (Å²) in [4.78, 5) is 1.19. The largest absolute Gasteiger partial charge is 0.398 e. The lowest BCUT2D eigenvalue weighted by molar-refractivity contribution is 0.395. The summed E-state index contributed by atoms with van der Waals surface area (Å²) in [5.74, 6) is 1.66. The van der Waals surface area contributed by atoms with Gasteiger partial charge in [0, 0.05) is 16.6 Å². The Morgan fingerprint density at radius 3 is 3.00 bits per heavy atom. The van der Waals surface area contributed by atoms with Crippen molar-refractivity contribution in [3.8, 4) is 0 Å². The van der Waals surface area contributed by atoms with Gasteiger partial charge in [0.25, 0.3) is 0 Å². The van der Waals surface area contributed by atoms with Crippen LogP contribution in [0.3, 0.4) is 0 Å². The average Bonchev–Trinajstić information content (AvgIpc) is 2.73. The Hall–Kier alpha value is -1.42. The van der Waals surface area contributed by atoms with Crippen LogP contribution in [-0.2, 0) is 5.75 Å². The minimum Gasteiger partial charge on any atom is -0.398 e. The number of thioether (sulfide) groups is 1. The summed E-state index contributed by atoms with van der Waals surface area (Å²) in [5.41, 5.74) is 7.78.